The zero-order valence-electron chi connectivity index (χ0n) is 8.50. The van der Waals surface area contributed by atoms with Gasteiger partial charge in [-0.25, -0.2) is 4.52 Å². The fourth-order valence-electron chi connectivity index (χ4n) is 1.35. The van der Waals surface area contributed by atoms with Crippen LogP contribution in [0.1, 0.15) is 5.82 Å². The third-order valence-electron chi connectivity index (χ3n) is 2.09. The highest BCUT2D eigenvalue weighted by molar-refractivity contribution is 9.10. The van der Waals surface area contributed by atoms with Crippen LogP contribution in [0.5, 0.6) is 0 Å². The molecule has 2 N–H and O–H groups in total. The van der Waals surface area contributed by atoms with Crippen molar-refractivity contribution in [3.8, 4) is 0 Å². The molecule has 3 aromatic rings. The highest BCUT2D eigenvalue weighted by Gasteiger charge is 2.04. The lowest BCUT2D eigenvalue weighted by Gasteiger charge is -1.94. The van der Waals surface area contributed by atoms with Gasteiger partial charge in [-0.05, 0) is 28.1 Å². The maximum absolute atomic E-state index is 4.29. The molecule has 0 aromatic carbocycles. The standard InChI is InChI=1S/C8H7BrN8/c9-5-1-2-7-11-8(14-17(7)4-5)10-3-6-12-15-16-13-6/h1-2,4H,3H2,(H,10,14)(H,12,13,15,16). The molecule has 0 saturated heterocycles. The van der Waals surface area contributed by atoms with Crippen molar-refractivity contribution < 1.29 is 0 Å². The Kier molecular flexibility index (Phi) is 2.44. The molecule has 0 radical (unpaired) electrons. The van der Waals surface area contributed by atoms with Crippen molar-refractivity contribution in [3.05, 3.63) is 28.6 Å². The molecule has 9 heteroatoms. The second-order valence-corrected chi connectivity index (χ2v) is 4.18. The Bertz CT molecular complexity index is 630. The van der Waals surface area contributed by atoms with E-state index in [1.165, 1.54) is 0 Å². The molecule has 3 heterocycles. The summed E-state index contributed by atoms with van der Waals surface area (Å²) in [4.78, 5) is 4.29. The molecule has 3 aromatic heterocycles. The molecule has 0 aliphatic carbocycles. The number of anilines is 1. The van der Waals surface area contributed by atoms with E-state index in [4.69, 9.17) is 0 Å². The highest BCUT2D eigenvalue weighted by Crippen LogP contribution is 2.12. The summed E-state index contributed by atoms with van der Waals surface area (Å²) in [5.41, 5.74) is 0.767. The van der Waals surface area contributed by atoms with E-state index in [0.717, 1.165) is 10.1 Å². The maximum atomic E-state index is 4.29. The fourth-order valence-corrected chi connectivity index (χ4v) is 1.67. The average Bonchev–Trinajstić information content (AvgIpc) is 2.94. The van der Waals surface area contributed by atoms with Gasteiger partial charge in [0.05, 0.1) is 6.54 Å². The number of pyridine rings is 1. The first kappa shape index (κ1) is 10.1. The van der Waals surface area contributed by atoms with Crippen LogP contribution < -0.4 is 5.32 Å². The number of hydrogen-bond acceptors (Lipinski definition) is 6. The van der Waals surface area contributed by atoms with Crippen LogP contribution in [-0.2, 0) is 6.54 Å². The number of fused-ring (bicyclic) bond motifs is 1. The summed E-state index contributed by atoms with van der Waals surface area (Å²) in [6.07, 6.45) is 1.84. The van der Waals surface area contributed by atoms with Gasteiger partial charge in [0.1, 0.15) is 0 Å². The molecular weight excluding hydrogens is 288 g/mol. The smallest absolute Gasteiger partial charge is 0.243 e. The van der Waals surface area contributed by atoms with Crippen molar-refractivity contribution in [1.29, 1.82) is 0 Å². The van der Waals surface area contributed by atoms with Crippen LogP contribution in [0.25, 0.3) is 5.65 Å². The Morgan fingerprint density at radius 2 is 2.35 bits per heavy atom. The SMILES string of the molecule is Brc1ccc2nc(NCc3nn[nH]n3)nn2c1. The van der Waals surface area contributed by atoms with Crippen LogP contribution in [0.15, 0.2) is 22.8 Å². The van der Waals surface area contributed by atoms with E-state index in [1.807, 2.05) is 18.3 Å². The zero-order chi connectivity index (χ0) is 11.7. The van der Waals surface area contributed by atoms with E-state index in [9.17, 15) is 0 Å². The molecular formula is C8H7BrN8. The molecule has 17 heavy (non-hydrogen) atoms. The molecule has 86 valence electrons. The van der Waals surface area contributed by atoms with Gasteiger partial charge in [-0.3, -0.25) is 0 Å². The Morgan fingerprint density at radius 3 is 3.18 bits per heavy atom. The lowest BCUT2D eigenvalue weighted by atomic mass is 10.5. The number of nitrogens with zero attached hydrogens (tertiary/aromatic N) is 6. The van der Waals surface area contributed by atoms with E-state index >= 15 is 0 Å². The number of hydrogen-bond donors (Lipinski definition) is 2. The number of aromatic amines is 1. The molecule has 0 aliphatic rings. The Labute approximate surface area is 104 Å². The number of aromatic nitrogens is 7. The molecule has 0 atom stereocenters. The minimum Gasteiger partial charge on any atom is -0.345 e. The predicted octanol–water partition coefficient (Wildman–Crippen LogP) is 0.617. The number of tetrazole rings is 1. The van der Waals surface area contributed by atoms with Crippen molar-refractivity contribution >= 4 is 27.5 Å². The zero-order valence-corrected chi connectivity index (χ0v) is 10.1. The van der Waals surface area contributed by atoms with Gasteiger partial charge in [0.25, 0.3) is 0 Å². The third kappa shape index (κ3) is 2.09. The van der Waals surface area contributed by atoms with E-state index in [0.29, 0.717) is 18.3 Å². The van der Waals surface area contributed by atoms with Gasteiger partial charge in [0.15, 0.2) is 11.5 Å². The van der Waals surface area contributed by atoms with Crippen molar-refractivity contribution in [2.75, 3.05) is 5.32 Å². The van der Waals surface area contributed by atoms with E-state index < -0.39 is 0 Å². The first-order valence-corrected chi connectivity index (χ1v) is 5.59. The van der Waals surface area contributed by atoms with Crippen molar-refractivity contribution in [1.82, 2.24) is 35.2 Å². The Balaban J connectivity index is 1.81. The lowest BCUT2D eigenvalue weighted by molar-refractivity contribution is 0.881. The quantitative estimate of drug-likeness (QED) is 0.735. The van der Waals surface area contributed by atoms with Gasteiger partial charge in [-0.2, -0.15) is 10.2 Å². The minimum atomic E-state index is 0.425. The van der Waals surface area contributed by atoms with Crippen molar-refractivity contribution in [2.24, 2.45) is 0 Å². The molecule has 0 bridgehead atoms. The van der Waals surface area contributed by atoms with E-state index in [-0.39, 0.29) is 0 Å². The summed E-state index contributed by atoms with van der Waals surface area (Å²) < 4.78 is 2.63. The van der Waals surface area contributed by atoms with Crippen LogP contribution in [0, 0.1) is 0 Å². The van der Waals surface area contributed by atoms with Crippen molar-refractivity contribution in [2.45, 2.75) is 6.54 Å². The van der Waals surface area contributed by atoms with Gasteiger partial charge in [0, 0.05) is 10.7 Å². The Morgan fingerprint density at radius 1 is 1.41 bits per heavy atom. The summed E-state index contributed by atoms with van der Waals surface area (Å²) >= 11 is 3.37. The summed E-state index contributed by atoms with van der Waals surface area (Å²) in [6, 6.07) is 3.78. The second kappa shape index (κ2) is 4.09. The summed E-state index contributed by atoms with van der Waals surface area (Å²) in [5.74, 6) is 1.08. The van der Waals surface area contributed by atoms with Crippen LogP contribution in [0.4, 0.5) is 5.95 Å². The number of H-pyrrole nitrogens is 1. The molecule has 3 rings (SSSR count). The lowest BCUT2D eigenvalue weighted by Crippen LogP contribution is -2.03. The molecule has 0 amide bonds. The molecule has 0 unspecified atom stereocenters. The van der Waals surface area contributed by atoms with Gasteiger partial charge < -0.3 is 5.32 Å². The molecule has 0 saturated carbocycles. The second-order valence-electron chi connectivity index (χ2n) is 3.27. The topological polar surface area (TPSA) is 96.7 Å². The predicted molar refractivity (Wildman–Crippen MR) is 62.2 cm³/mol. The summed E-state index contributed by atoms with van der Waals surface area (Å²) in [6.45, 7) is 0.425. The average molecular weight is 295 g/mol. The maximum Gasteiger partial charge on any atom is 0.243 e. The molecule has 0 fully saturated rings. The van der Waals surface area contributed by atoms with Crippen LogP contribution in [-0.4, -0.2) is 35.2 Å². The first-order chi connectivity index (χ1) is 8.31. The van der Waals surface area contributed by atoms with Crippen LogP contribution >= 0.6 is 15.9 Å². The monoisotopic (exact) mass is 294 g/mol. The van der Waals surface area contributed by atoms with E-state index in [1.54, 1.807) is 4.52 Å². The Hall–Kier alpha value is -2.03. The number of nitrogens with one attached hydrogen (secondary N) is 2. The number of halogens is 1. The van der Waals surface area contributed by atoms with Crippen LogP contribution in [0.2, 0.25) is 0 Å². The van der Waals surface area contributed by atoms with Gasteiger partial charge in [-0.1, -0.05) is 5.21 Å². The highest BCUT2D eigenvalue weighted by atomic mass is 79.9. The normalized spacial score (nSPS) is 10.9. The summed E-state index contributed by atoms with van der Waals surface area (Å²) in [5, 5.41) is 20.7. The van der Waals surface area contributed by atoms with Gasteiger partial charge >= 0.3 is 0 Å². The van der Waals surface area contributed by atoms with Gasteiger partial charge in [0.2, 0.25) is 5.95 Å². The van der Waals surface area contributed by atoms with Gasteiger partial charge in [-0.15, -0.1) is 15.3 Å². The largest absolute Gasteiger partial charge is 0.345 e. The number of rotatable bonds is 3. The van der Waals surface area contributed by atoms with Crippen molar-refractivity contribution in [3.63, 3.8) is 0 Å². The van der Waals surface area contributed by atoms with E-state index in [2.05, 4.69) is 52.0 Å². The van der Waals surface area contributed by atoms with Crippen LogP contribution in [0.3, 0.4) is 0 Å². The summed E-state index contributed by atoms with van der Waals surface area (Å²) in [7, 11) is 0. The molecule has 8 nitrogen and oxygen atoms in total. The fraction of sp³-hybridized carbons (Fsp3) is 0.125. The molecule has 0 spiro atoms. The first-order valence-electron chi connectivity index (χ1n) is 4.79. The third-order valence-corrected chi connectivity index (χ3v) is 2.56. The molecule has 0 aliphatic heterocycles. The minimum absolute atomic E-state index is 0.425.